The summed E-state index contributed by atoms with van der Waals surface area (Å²) in [6.45, 7) is 7.37. The van der Waals surface area contributed by atoms with E-state index < -0.39 is 6.04 Å². The van der Waals surface area contributed by atoms with Crippen molar-refractivity contribution in [3.05, 3.63) is 23.8 Å². The third-order valence-electron chi connectivity index (χ3n) is 5.20. The van der Waals surface area contributed by atoms with E-state index in [9.17, 15) is 9.59 Å². The molecule has 2 heterocycles. The summed E-state index contributed by atoms with van der Waals surface area (Å²) in [4.78, 5) is 26.8. The summed E-state index contributed by atoms with van der Waals surface area (Å²) in [6.07, 6.45) is 2.62. The molecule has 0 saturated carbocycles. The SMILES string of the molecule is CCC(C)NC(=O)C(C)NC(=O)N1CCCC1c1cccc2c1OCCO2. The number of ether oxygens (including phenoxy) is 2. The zero-order chi connectivity index (χ0) is 19.4. The number of para-hydroxylation sites is 1. The highest BCUT2D eigenvalue weighted by Crippen LogP contribution is 2.42. The van der Waals surface area contributed by atoms with E-state index in [4.69, 9.17) is 9.47 Å². The number of nitrogens with zero attached hydrogens (tertiary/aromatic N) is 1. The summed E-state index contributed by atoms with van der Waals surface area (Å²) in [5.74, 6) is 1.30. The number of nitrogens with one attached hydrogen (secondary N) is 2. The average molecular weight is 375 g/mol. The predicted molar refractivity (Wildman–Crippen MR) is 102 cm³/mol. The quantitative estimate of drug-likeness (QED) is 0.829. The third-order valence-corrected chi connectivity index (χ3v) is 5.20. The predicted octanol–water partition coefficient (Wildman–Crippen LogP) is 2.61. The monoisotopic (exact) mass is 375 g/mol. The fourth-order valence-electron chi connectivity index (χ4n) is 3.50. The molecule has 7 nitrogen and oxygen atoms in total. The van der Waals surface area contributed by atoms with Gasteiger partial charge < -0.3 is 25.0 Å². The highest BCUT2D eigenvalue weighted by Gasteiger charge is 2.34. The van der Waals surface area contributed by atoms with Crippen LogP contribution in [0.25, 0.3) is 0 Å². The first kappa shape index (κ1) is 19.3. The number of urea groups is 1. The van der Waals surface area contributed by atoms with Crippen LogP contribution in [0.1, 0.15) is 51.6 Å². The highest BCUT2D eigenvalue weighted by atomic mass is 16.6. The van der Waals surface area contributed by atoms with Crippen LogP contribution >= 0.6 is 0 Å². The van der Waals surface area contributed by atoms with Crippen LogP contribution in [0.15, 0.2) is 18.2 Å². The molecule has 0 aromatic heterocycles. The van der Waals surface area contributed by atoms with Gasteiger partial charge in [0.05, 0.1) is 6.04 Å². The van der Waals surface area contributed by atoms with E-state index in [0.717, 1.165) is 36.3 Å². The van der Waals surface area contributed by atoms with Crippen molar-refractivity contribution in [1.82, 2.24) is 15.5 Å². The minimum atomic E-state index is -0.586. The van der Waals surface area contributed by atoms with Crippen LogP contribution < -0.4 is 20.1 Å². The molecule has 1 saturated heterocycles. The summed E-state index contributed by atoms with van der Waals surface area (Å²) in [6, 6.07) is 5.01. The standard InChI is InChI=1S/C20H29N3O4/c1-4-13(2)21-19(24)14(3)22-20(25)23-10-6-8-16(23)15-7-5-9-17-18(15)27-12-11-26-17/h5,7,9,13-14,16H,4,6,8,10-12H2,1-3H3,(H,21,24)(H,22,25). The number of carbonyl (C=O) groups excluding carboxylic acids is 2. The summed E-state index contributed by atoms with van der Waals surface area (Å²) in [5, 5.41) is 5.73. The molecule has 2 aliphatic rings. The van der Waals surface area contributed by atoms with Gasteiger partial charge in [-0.05, 0) is 39.2 Å². The number of amides is 3. The number of hydrogen-bond donors (Lipinski definition) is 2. The second kappa shape index (κ2) is 8.50. The van der Waals surface area contributed by atoms with Crippen molar-refractivity contribution in [2.45, 2.75) is 58.2 Å². The fourth-order valence-corrected chi connectivity index (χ4v) is 3.50. The molecule has 27 heavy (non-hydrogen) atoms. The molecule has 0 radical (unpaired) electrons. The molecule has 2 aliphatic heterocycles. The minimum absolute atomic E-state index is 0.0773. The molecule has 2 N–H and O–H groups in total. The van der Waals surface area contributed by atoms with E-state index >= 15 is 0 Å². The van der Waals surface area contributed by atoms with Crippen molar-refractivity contribution in [1.29, 1.82) is 0 Å². The second-order valence-electron chi connectivity index (χ2n) is 7.21. The van der Waals surface area contributed by atoms with Crippen molar-refractivity contribution < 1.29 is 19.1 Å². The van der Waals surface area contributed by atoms with Gasteiger partial charge in [0.2, 0.25) is 5.91 Å². The molecule has 1 fully saturated rings. The van der Waals surface area contributed by atoms with Gasteiger partial charge in [0.15, 0.2) is 11.5 Å². The van der Waals surface area contributed by atoms with Gasteiger partial charge in [0.25, 0.3) is 0 Å². The van der Waals surface area contributed by atoms with E-state index in [1.165, 1.54) is 0 Å². The van der Waals surface area contributed by atoms with E-state index in [-0.39, 0.29) is 24.0 Å². The molecule has 3 atom stereocenters. The maximum atomic E-state index is 12.8. The lowest BCUT2D eigenvalue weighted by Crippen LogP contribution is -2.51. The van der Waals surface area contributed by atoms with Crippen molar-refractivity contribution in [2.75, 3.05) is 19.8 Å². The van der Waals surface area contributed by atoms with Crippen LogP contribution in [-0.2, 0) is 4.79 Å². The Bertz CT molecular complexity index is 694. The van der Waals surface area contributed by atoms with Crippen LogP contribution in [-0.4, -0.2) is 48.7 Å². The third kappa shape index (κ3) is 4.28. The van der Waals surface area contributed by atoms with Crippen LogP contribution in [0.4, 0.5) is 4.79 Å². The molecular formula is C20H29N3O4. The molecule has 3 amide bonds. The maximum absolute atomic E-state index is 12.8. The van der Waals surface area contributed by atoms with Crippen LogP contribution in [0.3, 0.4) is 0 Å². The van der Waals surface area contributed by atoms with Gasteiger partial charge in [-0.1, -0.05) is 19.1 Å². The Balaban J connectivity index is 1.69. The first-order valence-corrected chi connectivity index (χ1v) is 9.77. The number of carbonyl (C=O) groups is 2. The van der Waals surface area contributed by atoms with Crippen molar-refractivity contribution >= 4 is 11.9 Å². The molecule has 1 aromatic rings. The average Bonchev–Trinajstić information content (AvgIpc) is 3.17. The van der Waals surface area contributed by atoms with Gasteiger partial charge in [0, 0.05) is 18.2 Å². The van der Waals surface area contributed by atoms with Gasteiger partial charge in [-0.2, -0.15) is 0 Å². The summed E-state index contributed by atoms with van der Waals surface area (Å²) in [5.41, 5.74) is 0.969. The Labute approximate surface area is 160 Å². The first-order valence-electron chi connectivity index (χ1n) is 9.77. The van der Waals surface area contributed by atoms with E-state index in [1.807, 2.05) is 32.0 Å². The van der Waals surface area contributed by atoms with Gasteiger partial charge in [0.1, 0.15) is 19.3 Å². The van der Waals surface area contributed by atoms with Crippen molar-refractivity contribution in [3.8, 4) is 11.5 Å². The summed E-state index contributed by atoms with van der Waals surface area (Å²) < 4.78 is 11.5. The summed E-state index contributed by atoms with van der Waals surface area (Å²) >= 11 is 0. The van der Waals surface area contributed by atoms with Gasteiger partial charge in [-0.25, -0.2) is 4.79 Å². The van der Waals surface area contributed by atoms with E-state index in [0.29, 0.717) is 19.8 Å². The molecule has 148 valence electrons. The Kier molecular flexibility index (Phi) is 6.08. The van der Waals surface area contributed by atoms with Gasteiger partial charge in [-0.15, -0.1) is 0 Å². The molecule has 7 heteroatoms. The lowest BCUT2D eigenvalue weighted by molar-refractivity contribution is -0.123. The number of fused-ring (bicyclic) bond motifs is 1. The Morgan fingerprint density at radius 1 is 1.22 bits per heavy atom. The maximum Gasteiger partial charge on any atom is 0.318 e. The Hall–Kier alpha value is -2.44. The minimum Gasteiger partial charge on any atom is -0.486 e. The van der Waals surface area contributed by atoms with Crippen LogP contribution in [0, 0.1) is 0 Å². The Morgan fingerprint density at radius 3 is 2.78 bits per heavy atom. The molecule has 0 spiro atoms. The van der Waals surface area contributed by atoms with Crippen LogP contribution in [0.2, 0.25) is 0 Å². The number of benzene rings is 1. The second-order valence-corrected chi connectivity index (χ2v) is 7.21. The summed E-state index contributed by atoms with van der Waals surface area (Å²) in [7, 11) is 0. The van der Waals surface area contributed by atoms with Crippen molar-refractivity contribution in [2.24, 2.45) is 0 Å². The van der Waals surface area contributed by atoms with Crippen molar-refractivity contribution in [3.63, 3.8) is 0 Å². The molecule has 0 bridgehead atoms. The topological polar surface area (TPSA) is 79.9 Å². The first-order chi connectivity index (χ1) is 13.0. The normalized spacial score (nSPS) is 20.7. The lowest BCUT2D eigenvalue weighted by atomic mass is 10.0. The molecule has 3 rings (SSSR count). The fraction of sp³-hybridized carbons (Fsp3) is 0.600. The van der Waals surface area contributed by atoms with Gasteiger partial charge in [-0.3, -0.25) is 4.79 Å². The zero-order valence-electron chi connectivity index (χ0n) is 16.3. The number of rotatable bonds is 5. The number of hydrogen-bond acceptors (Lipinski definition) is 4. The molecular weight excluding hydrogens is 346 g/mol. The smallest absolute Gasteiger partial charge is 0.318 e. The molecule has 0 aliphatic carbocycles. The van der Waals surface area contributed by atoms with Gasteiger partial charge >= 0.3 is 6.03 Å². The zero-order valence-corrected chi connectivity index (χ0v) is 16.3. The lowest BCUT2D eigenvalue weighted by Gasteiger charge is -2.30. The molecule has 3 unspecified atom stereocenters. The highest BCUT2D eigenvalue weighted by molar-refractivity contribution is 5.87. The van der Waals surface area contributed by atoms with E-state index in [1.54, 1.807) is 11.8 Å². The largest absolute Gasteiger partial charge is 0.486 e. The Morgan fingerprint density at radius 2 is 2.00 bits per heavy atom. The molecule has 1 aromatic carbocycles. The van der Waals surface area contributed by atoms with E-state index in [2.05, 4.69) is 10.6 Å². The number of likely N-dealkylation sites (tertiary alicyclic amines) is 1. The van der Waals surface area contributed by atoms with Crippen LogP contribution in [0.5, 0.6) is 11.5 Å².